The molecule has 1 aliphatic carbocycles. The Morgan fingerprint density at radius 2 is 2.19 bits per heavy atom. The van der Waals surface area contributed by atoms with Gasteiger partial charge in [-0.25, -0.2) is 0 Å². The van der Waals surface area contributed by atoms with E-state index in [0.29, 0.717) is 6.04 Å². The summed E-state index contributed by atoms with van der Waals surface area (Å²) < 4.78 is 5.53. The lowest BCUT2D eigenvalue weighted by Crippen LogP contribution is -2.34. The summed E-state index contributed by atoms with van der Waals surface area (Å²) >= 11 is 0. The molecular weight excluding hydrogens is 198 g/mol. The molecule has 0 radical (unpaired) electrons. The van der Waals surface area contributed by atoms with Crippen LogP contribution in [0.2, 0.25) is 0 Å². The maximum atomic E-state index is 5.53. The third kappa shape index (κ3) is 2.56. The Kier molecular flexibility index (Phi) is 3.83. The van der Waals surface area contributed by atoms with Gasteiger partial charge in [-0.3, -0.25) is 0 Å². The predicted molar refractivity (Wildman–Crippen MR) is 67.1 cm³/mol. The van der Waals surface area contributed by atoms with Crippen molar-refractivity contribution in [3.8, 4) is 5.75 Å². The third-order valence-electron chi connectivity index (χ3n) is 3.21. The number of fused-ring (bicyclic) bond motifs is 1. The minimum Gasteiger partial charge on any atom is -0.494 e. The maximum Gasteiger partial charge on any atom is 0.119 e. The smallest absolute Gasteiger partial charge is 0.119 e. The van der Waals surface area contributed by atoms with Crippen molar-refractivity contribution in [1.82, 2.24) is 5.32 Å². The van der Waals surface area contributed by atoms with E-state index in [4.69, 9.17) is 4.74 Å². The van der Waals surface area contributed by atoms with Crippen LogP contribution in [-0.2, 0) is 12.8 Å². The molecule has 0 heterocycles. The molecule has 0 aromatic heterocycles. The quantitative estimate of drug-likeness (QED) is 0.840. The van der Waals surface area contributed by atoms with Crippen LogP contribution in [0.3, 0.4) is 0 Å². The average molecular weight is 219 g/mol. The molecule has 0 saturated carbocycles. The highest BCUT2D eigenvalue weighted by molar-refractivity contribution is 5.37. The van der Waals surface area contributed by atoms with Crippen LogP contribution in [0.1, 0.15) is 31.4 Å². The summed E-state index contributed by atoms with van der Waals surface area (Å²) in [5.74, 6) is 1.02. The minimum atomic E-state index is 0.662. The molecule has 0 amide bonds. The molecule has 2 rings (SSSR count). The van der Waals surface area contributed by atoms with Gasteiger partial charge in [0.1, 0.15) is 5.75 Å². The number of hydrogen-bond acceptors (Lipinski definition) is 2. The predicted octanol–water partition coefficient (Wildman–Crippen LogP) is 2.55. The monoisotopic (exact) mass is 219 g/mol. The van der Waals surface area contributed by atoms with Crippen molar-refractivity contribution in [2.24, 2.45) is 0 Å². The molecule has 0 fully saturated rings. The van der Waals surface area contributed by atoms with Gasteiger partial charge in [-0.05, 0) is 56.0 Å². The van der Waals surface area contributed by atoms with Gasteiger partial charge in [0.2, 0.25) is 0 Å². The summed E-state index contributed by atoms with van der Waals surface area (Å²) in [6.45, 7) is 6.02. The van der Waals surface area contributed by atoms with E-state index in [1.54, 1.807) is 0 Å². The Morgan fingerprint density at radius 3 is 2.94 bits per heavy atom. The topological polar surface area (TPSA) is 21.3 Å². The van der Waals surface area contributed by atoms with Gasteiger partial charge in [0.25, 0.3) is 0 Å². The molecule has 0 spiro atoms. The maximum absolute atomic E-state index is 5.53. The molecule has 0 bridgehead atoms. The Hall–Kier alpha value is -1.02. The van der Waals surface area contributed by atoms with Crippen molar-refractivity contribution in [3.05, 3.63) is 29.3 Å². The summed E-state index contributed by atoms with van der Waals surface area (Å²) in [6.07, 6.45) is 3.58. The largest absolute Gasteiger partial charge is 0.494 e. The molecule has 1 atom stereocenters. The number of rotatable bonds is 4. The van der Waals surface area contributed by atoms with Crippen molar-refractivity contribution in [2.75, 3.05) is 13.2 Å². The molecule has 1 aliphatic rings. The van der Waals surface area contributed by atoms with E-state index < -0.39 is 0 Å². The zero-order chi connectivity index (χ0) is 11.4. The summed E-state index contributed by atoms with van der Waals surface area (Å²) in [4.78, 5) is 0. The zero-order valence-corrected chi connectivity index (χ0v) is 10.3. The van der Waals surface area contributed by atoms with E-state index in [1.165, 1.54) is 24.0 Å². The van der Waals surface area contributed by atoms with Crippen molar-refractivity contribution >= 4 is 0 Å². The normalized spacial score (nSPS) is 19.2. The molecule has 1 N–H and O–H groups in total. The Morgan fingerprint density at radius 1 is 1.31 bits per heavy atom. The lowest BCUT2D eigenvalue weighted by Gasteiger charge is -2.25. The van der Waals surface area contributed by atoms with Crippen LogP contribution in [0, 0.1) is 0 Å². The van der Waals surface area contributed by atoms with E-state index >= 15 is 0 Å². The number of ether oxygens (including phenoxy) is 1. The molecule has 2 heteroatoms. The Labute approximate surface area is 98.0 Å². The van der Waals surface area contributed by atoms with Gasteiger partial charge < -0.3 is 10.1 Å². The van der Waals surface area contributed by atoms with Crippen LogP contribution in [0.15, 0.2) is 18.2 Å². The summed E-state index contributed by atoms with van der Waals surface area (Å²) in [5, 5.41) is 3.53. The first-order valence-corrected chi connectivity index (χ1v) is 6.31. The number of benzene rings is 1. The molecule has 1 aromatic carbocycles. The summed E-state index contributed by atoms with van der Waals surface area (Å²) in [6, 6.07) is 7.19. The number of nitrogens with one attached hydrogen (secondary N) is 1. The number of hydrogen-bond donors (Lipinski definition) is 1. The number of aryl methyl sites for hydroxylation is 1. The fourth-order valence-corrected chi connectivity index (χ4v) is 2.45. The van der Waals surface area contributed by atoms with Crippen LogP contribution >= 0.6 is 0 Å². The Bertz CT molecular complexity index is 349. The minimum absolute atomic E-state index is 0.662. The first-order chi connectivity index (χ1) is 7.83. The summed E-state index contributed by atoms with van der Waals surface area (Å²) in [7, 11) is 0. The Balaban J connectivity index is 2.09. The SMILES string of the molecule is CCN[C@H]1CCc2cc(OCC)ccc2C1. The molecule has 88 valence electrons. The van der Waals surface area contributed by atoms with Crippen molar-refractivity contribution in [1.29, 1.82) is 0 Å². The second-order valence-electron chi connectivity index (χ2n) is 4.36. The van der Waals surface area contributed by atoms with E-state index in [9.17, 15) is 0 Å². The fraction of sp³-hybridized carbons (Fsp3) is 0.571. The highest BCUT2D eigenvalue weighted by atomic mass is 16.5. The fourth-order valence-electron chi connectivity index (χ4n) is 2.45. The standard InChI is InChI=1S/C14H21NO/c1-3-15-13-7-5-12-10-14(16-4-2)8-6-11(12)9-13/h6,8,10,13,15H,3-5,7,9H2,1-2H3/t13-/m0/s1. The van der Waals surface area contributed by atoms with Gasteiger partial charge in [0.15, 0.2) is 0 Å². The van der Waals surface area contributed by atoms with Gasteiger partial charge >= 0.3 is 0 Å². The number of likely N-dealkylation sites (N-methyl/N-ethyl adjacent to an activating group) is 1. The van der Waals surface area contributed by atoms with Crippen LogP contribution < -0.4 is 10.1 Å². The molecule has 2 nitrogen and oxygen atoms in total. The average Bonchev–Trinajstić information content (AvgIpc) is 2.30. The zero-order valence-electron chi connectivity index (χ0n) is 10.3. The van der Waals surface area contributed by atoms with Gasteiger partial charge in [-0.2, -0.15) is 0 Å². The highest BCUT2D eigenvalue weighted by Crippen LogP contribution is 2.25. The van der Waals surface area contributed by atoms with Crippen LogP contribution in [0.25, 0.3) is 0 Å². The molecule has 0 aliphatic heterocycles. The van der Waals surface area contributed by atoms with E-state index in [1.807, 2.05) is 6.92 Å². The molecule has 16 heavy (non-hydrogen) atoms. The van der Waals surface area contributed by atoms with Crippen LogP contribution in [0.4, 0.5) is 0 Å². The second kappa shape index (κ2) is 5.35. The van der Waals surface area contributed by atoms with Crippen LogP contribution in [0.5, 0.6) is 5.75 Å². The van der Waals surface area contributed by atoms with Gasteiger partial charge in [0, 0.05) is 6.04 Å². The van der Waals surface area contributed by atoms with Crippen molar-refractivity contribution in [3.63, 3.8) is 0 Å². The van der Waals surface area contributed by atoms with E-state index in [2.05, 4.69) is 30.4 Å². The van der Waals surface area contributed by atoms with Gasteiger partial charge in [-0.15, -0.1) is 0 Å². The second-order valence-corrected chi connectivity index (χ2v) is 4.36. The lowest BCUT2D eigenvalue weighted by atomic mass is 9.88. The highest BCUT2D eigenvalue weighted by Gasteiger charge is 2.17. The van der Waals surface area contributed by atoms with Crippen LogP contribution in [-0.4, -0.2) is 19.2 Å². The van der Waals surface area contributed by atoms with Gasteiger partial charge in [-0.1, -0.05) is 13.0 Å². The first kappa shape index (κ1) is 11.5. The summed E-state index contributed by atoms with van der Waals surface area (Å²) in [5.41, 5.74) is 2.96. The van der Waals surface area contributed by atoms with E-state index in [-0.39, 0.29) is 0 Å². The first-order valence-electron chi connectivity index (χ1n) is 6.31. The van der Waals surface area contributed by atoms with Crippen molar-refractivity contribution in [2.45, 2.75) is 39.2 Å². The molecule has 0 unspecified atom stereocenters. The molecule has 0 saturated heterocycles. The van der Waals surface area contributed by atoms with Crippen molar-refractivity contribution < 1.29 is 4.74 Å². The molecular formula is C14H21NO. The third-order valence-corrected chi connectivity index (χ3v) is 3.21. The molecule has 1 aromatic rings. The van der Waals surface area contributed by atoms with Gasteiger partial charge in [0.05, 0.1) is 6.61 Å². The lowest BCUT2D eigenvalue weighted by molar-refractivity contribution is 0.339. The van der Waals surface area contributed by atoms with E-state index in [0.717, 1.165) is 25.3 Å².